The average Bonchev–Trinajstić information content (AvgIpc) is 4.02. The molecule has 0 radical (unpaired) electrons. The predicted molar refractivity (Wildman–Crippen MR) is 226 cm³/mol. The maximum absolute atomic E-state index is 13.8. The van der Waals surface area contributed by atoms with Crippen molar-refractivity contribution in [3.8, 4) is 0 Å². The van der Waals surface area contributed by atoms with E-state index in [9.17, 15) is 26.3 Å². The van der Waals surface area contributed by atoms with E-state index in [1.54, 1.807) is 0 Å². The minimum atomic E-state index is -4.50. The van der Waals surface area contributed by atoms with Gasteiger partial charge in [-0.15, -0.1) is 11.3 Å². The van der Waals surface area contributed by atoms with E-state index in [-0.39, 0.29) is 0 Å². The quantitative estimate of drug-likeness (QED) is 0.104. The number of aromatic nitrogens is 2. The topological polar surface area (TPSA) is 31.6 Å². The van der Waals surface area contributed by atoms with Crippen LogP contribution in [-0.4, -0.2) is 9.97 Å². The molecule has 0 unspecified atom stereocenters. The zero-order valence-corrected chi connectivity index (χ0v) is 34.6. The highest BCUT2D eigenvalue weighted by Gasteiger charge is 2.58. The summed E-state index contributed by atoms with van der Waals surface area (Å²) in [5, 5.41) is 3.63. The summed E-state index contributed by atoms with van der Waals surface area (Å²) in [4.78, 5) is 7.52. The van der Waals surface area contributed by atoms with Crippen molar-refractivity contribution < 1.29 is 26.3 Å². The van der Waals surface area contributed by atoms with Crippen LogP contribution < -0.4 is 14.4 Å². The lowest BCUT2D eigenvalue weighted by Crippen LogP contribution is -2.31. The lowest BCUT2D eigenvalue weighted by atomic mass is 9.83. The molecule has 58 heavy (non-hydrogen) atoms. The van der Waals surface area contributed by atoms with E-state index >= 15 is 0 Å². The second-order valence-corrected chi connectivity index (χ2v) is 21.7. The van der Waals surface area contributed by atoms with Crippen LogP contribution >= 0.6 is 17.8 Å². The minimum absolute atomic E-state index is 0.556. The SMILES string of the molecule is CC1(C)C2=C3CCCC3=C(C(C)(C)c3ccc([nH]3)/C(c3ccc(C(F)(F)F)cc3)=c3/cc/c(s3)=C(\c3ccc(C(F)(F)F)cc3)c3ccc1[nH]3)[P+]2([S-])c1ccccc1. The van der Waals surface area contributed by atoms with Crippen molar-refractivity contribution in [3.63, 3.8) is 0 Å². The van der Waals surface area contributed by atoms with Gasteiger partial charge in [0.15, 0.2) is 0 Å². The summed E-state index contributed by atoms with van der Waals surface area (Å²) in [7, 11) is 0. The molecule has 0 spiro atoms. The van der Waals surface area contributed by atoms with Crippen molar-refractivity contribution in [1.82, 2.24) is 9.97 Å². The van der Waals surface area contributed by atoms with Crippen LogP contribution in [0, 0.1) is 0 Å². The number of aromatic amines is 2. The minimum Gasteiger partial charge on any atom is -0.541 e. The number of hydrogen-bond acceptors (Lipinski definition) is 2. The first-order valence-corrected chi connectivity index (χ1v) is 22.8. The fourth-order valence-electron chi connectivity index (χ4n) is 9.38. The van der Waals surface area contributed by atoms with Crippen molar-refractivity contribution in [1.29, 1.82) is 0 Å². The Balaban J connectivity index is 1.39. The van der Waals surface area contributed by atoms with Crippen molar-refractivity contribution in [2.75, 3.05) is 0 Å². The van der Waals surface area contributed by atoms with Crippen molar-refractivity contribution in [3.05, 3.63) is 191 Å². The van der Waals surface area contributed by atoms with Gasteiger partial charge in [0.05, 0.1) is 37.9 Å². The van der Waals surface area contributed by atoms with Gasteiger partial charge in [-0.05, 0) is 148 Å². The molecule has 1 fully saturated rings. The van der Waals surface area contributed by atoms with Crippen LogP contribution in [0.25, 0.3) is 11.1 Å². The number of hydrogen-bond donors (Lipinski definition) is 2. The third-order valence-electron chi connectivity index (χ3n) is 12.1. The number of allylic oxidation sites excluding steroid dienone is 4. The van der Waals surface area contributed by atoms with E-state index < -0.39 is 40.8 Å². The van der Waals surface area contributed by atoms with E-state index in [0.717, 1.165) is 80.7 Å². The third kappa shape index (κ3) is 6.12. The largest absolute Gasteiger partial charge is 0.541 e. The van der Waals surface area contributed by atoms with Gasteiger partial charge in [-0.3, -0.25) is 0 Å². The molecule has 0 atom stereocenters. The molecule has 3 aliphatic rings. The Morgan fingerprint density at radius 1 is 0.552 bits per heavy atom. The molecule has 6 aromatic rings. The van der Waals surface area contributed by atoms with Crippen LogP contribution in [0.3, 0.4) is 0 Å². The molecule has 0 amide bonds. The second kappa shape index (κ2) is 13.5. The normalized spacial score (nSPS) is 22.1. The van der Waals surface area contributed by atoms with Crippen molar-refractivity contribution in [2.24, 2.45) is 0 Å². The number of thiophene rings is 1. The van der Waals surface area contributed by atoms with Gasteiger partial charge >= 0.3 is 12.4 Å². The lowest BCUT2D eigenvalue weighted by molar-refractivity contribution is -0.138. The molecule has 11 heteroatoms. The Kier molecular flexibility index (Phi) is 9.09. The third-order valence-corrected chi connectivity index (χ3v) is 18.9. The molecule has 2 aliphatic heterocycles. The molecule has 296 valence electrons. The molecule has 3 aromatic carbocycles. The van der Waals surface area contributed by atoms with E-state index in [4.69, 9.17) is 12.2 Å². The fraction of sp³-hybridized carbons (Fsp3) is 0.234. The van der Waals surface area contributed by atoms with Crippen LogP contribution in [0.2, 0.25) is 0 Å². The smallest absolute Gasteiger partial charge is 0.416 e. The molecule has 5 heterocycles. The first-order valence-electron chi connectivity index (χ1n) is 19.1. The molecular formula is C47H39F6N2PS2. The highest BCUT2D eigenvalue weighted by molar-refractivity contribution is 8.49. The number of H-pyrrole nitrogens is 2. The Hall–Kier alpha value is -4.50. The average molecular weight is 841 g/mol. The van der Waals surface area contributed by atoms with Crippen LogP contribution in [0.1, 0.15) is 92.0 Å². The van der Waals surface area contributed by atoms with Crippen LogP contribution in [0.5, 0.6) is 0 Å². The zero-order chi connectivity index (χ0) is 41.0. The van der Waals surface area contributed by atoms with Gasteiger partial charge in [0.25, 0.3) is 0 Å². The van der Waals surface area contributed by atoms with Gasteiger partial charge < -0.3 is 22.2 Å². The van der Waals surface area contributed by atoms with Gasteiger partial charge in [0.1, 0.15) is 0 Å². The number of halogens is 6. The summed E-state index contributed by atoms with van der Waals surface area (Å²) < 4.78 is 84.3. The van der Waals surface area contributed by atoms with E-state index in [0.29, 0.717) is 22.3 Å². The maximum Gasteiger partial charge on any atom is 0.416 e. The molecule has 8 bridgehead atoms. The molecular weight excluding hydrogens is 802 g/mol. The fourth-order valence-corrected chi connectivity index (χ4v) is 17.3. The number of benzene rings is 3. The van der Waals surface area contributed by atoms with Crippen LogP contribution in [0.15, 0.2) is 137 Å². The monoisotopic (exact) mass is 840 g/mol. The summed E-state index contributed by atoms with van der Waals surface area (Å²) in [5.41, 5.74) is 6.05. The molecule has 0 saturated heterocycles. The second-order valence-electron chi connectivity index (χ2n) is 16.3. The Morgan fingerprint density at radius 3 is 1.36 bits per heavy atom. The Bertz CT molecular complexity index is 2610. The van der Waals surface area contributed by atoms with Gasteiger partial charge in [0, 0.05) is 43.0 Å². The Morgan fingerprint density at radius 2 is 0.966 bits per heavy atom. The highest BCUT2D eigenvalue weighted by atomic mass is 32.7. The van der Waals surface area contributed by atoms with Gasteiger partial charge in [0.2, 0.25) is 0 Å². The summed E-state index contributed by atoms with van der Waals surface area (Å²) in [5.74, 6) is 0. The van der Waals surface area contributed by atoms with Gasteiger partial charge in [-0.1, -0.05) is 42.5 Å². The van der Waals surface area contributed by atoms with E-state index in [1.807, 2.05) is 30.3 Å². The summed E-state index contributed by atoms with van der Waals surface area (Å²) >= 11 is 8.65. The van der Waals surface area contributed by atoms with Crippen LogP contribution in [-0.2, 0) is 35.4 Å². The van der Waals surface area contributed by atoms with Crippen LogP contribution in [0.4, 0.5) is 26.3 Å². The molecule has 3 aromatic heterocycles. The van der Waals surface area contributed by atoms with E-state index in [1.165, 1.54) is 57.4 Å². The highest BCUT2D eigenvalue weighted by Crippen LogP contribution is 2.82. The van der Waals surface area contributed by atoms with Crippen molar-refractivity contribution >= 4 is 46.5 Å². The number of fused-ring (bicyclic) bond motifs is 9. The van der Waals surface area contributed by atoms with E-state index in [2.05, 4.69) is 74.1 Å². The first-order chi connectivity index (χ1) is 27.4. The number of alkyl halides is 6. The summed E-state index contributed by atoms with van der Waals surface area (Å²) in [6, 6.07) is 32.9. The molecule has 9 rings (SSSR count). The Labute approximate surface area is 342 Å². The maximum atomic E-state index is 13.8. The van der Waals surface area contributed by atoms with Gasteiger partial charge in [-0.2, -0.15) is 26.3 Å². The number of rotatable bonds is 3. The molecule has 2 N–H and O–H groups in total. The lowest BCUT2D eigenvalue weighted by Gasteiger charge is -2.45. The first kappa shape index (κ1) is 39.0. The zero-order valence-electron chi connectivity index (χ0n) is 32.1. The molecule has 2 nitrogen and oxygen atoms in total. The predicted octanol–water partition coefficient (Wildman–Crippen LogP) is 12.0. The summed E-state index contributed by atoms with van der Waals surface area (Å²) in [6.45, 7) is 6.27. The molecule has 1 aliphatic carbocycles. The standard InChI is InChI=1S/C47H39F6N2PS2/c1-44(2)38-25-21-34(54-38)40(27-13-17-29(18-14-27)46(48,49)50)36-23-24-37(58-36)41(28-15-19-30(20-16-28)47(51,52)53)35-22-26-39(55-35)45(3,4)43-33-12-8-11-32(33)42(44)56(43,57)31-9-6-5-7-10-31/h5-7,9-10,13-26,54-55H,8,11-12H2,1-4H3/b40-36-,41-37-. The van der Waals surface area contributed by atoms with Crippen molar-refractivity contribution in [2.45, 2.75) is 70.1 Å². The summed E-state index contributed by atoms with van der Waals surface area (Å²) in [6.07, 6.45) is -6.17. The number of nitrogens with one attached hydrogen (secondary N) is 2. The van der Waals surface area contributed by atoms with Gasteiger partial charge in [-0.25, -0.2) is 0 Å². The molecule has 1 saturated carbocycles.